The van der Waals surface area contributed by atoms with E-state index in [0.717, 1.165) is 13.1 Å². The average Bonchev–Trinajstić information content (AvgIpc) is 2.03. The Morgan fingerprint density at radius 1 is 0.875 bits per heavy atom. The maximum Gasteiger partial charge on any atom is 2.00 e. The van der Waals surface area contributed by atoms with E-state index in [-0.39, 0.29) is 17.1 Å². The summed E-state index contributed by atoms with van der Waals surface area (Å²) >= 11 is 0. The fraction of sp³-hybridized carbons (Fsp3) is 1.00. The minimum absolute atomic E-state index is 0. The van der Waals surface area contributed by atoms with Gasteiger partial charge < -0.3 is 47.4 Å². The van der Waals surface area contributed by atoms with Crippen molar-refractivity contribution in [3.8, 4) is 0 Å². The van der Waals surface area contributed by atoms with Crippen molar-refractivity contribution in [2.45, 2.75) is 0 Å². The first-order valence-electron chi connectivity index (χ1n) is 3.62. The number of nitrogens with two attached hydrogens (primary N) is 2. The van der Waals surface area contributed by atoms with Crippen LogP contribution in [0.2, 0.25) is 0 Å². The molecule has 0 aliphatic heterocycles. The van der Waals surface area contributed by atoms with Crippen molar-refractivity contribution in [1.82, 2.24) is 5.32 Å². The quantitative estimate of drug-likeness (QED) is 0.227. The molecule has 0 aromatic rings. The fourth-order valence-electron chi connectivity index (χ4n) is 0.329. The maximum atomic E-state index is 8.25. The Kier molecular flexibility index (Phi) is 35.6. The molecular formula is C4H13CuN5O6. The first-order valence-corrected chi connectivity index (χ1v) is 3.62. The summed E-state index contributed by atoms with van der Waals surface area (Å²) in [6.07, 6.45) is 0. The van der Waals surface area contributed by atoms with Crippen LogP contribution in [0, 0.1) is 30.6 Å². The van der Waals surface area contributed by atoms with Crippen LogP contribution >= 0.6 is 0 Å². The zero-order chi connectivity index (χ0) is 12.7. The molecule has 0 bridgehead atoms. The van der Waals surface area contributed by atoms with Crippen molar-refractivity contribution in [3.05, 3.63) is 30.6 Å². The molecule has 5 N–H and O–H groups in total. The molecule has 16 heavy (non-hydrogen) atoms. The normalized spacial score (nSPS) is 7.12. The van der Waals surface area contributed by atoms with Crippen molar-refractivity contribution < 1.29 is 27.2 Å². The largest absolute Gasteiger partial charge is 2.00 e. The van der Waals surface area contributed by atoms with Gasteiger partial charge in [-0.2, -0.15) is 0 Å². The fourth-order valence-corrected chi connectivity index (χ4v) is 0.329. The summed E-state index contributed by atoms with van der Waals surface area (Å²) in [6, 6.07) is 0. The Balaban J connectivity index is -0.0000000700. The number of rotatable bonds is 4. The molecule has 0 heterocycles. The smallest absolute Gasteiger partial charge is 0.356 e. The zero-order valence-electron chi connectivity index (χ0n) is 8.13. The molecule has 0 aliphatic rings. The van der Waals surface area contributed by atoms with E-state index in [4.69, 9.17) is 42.1 Å². The Morgan fingerprint density at radius 3 is 1.19 bits per heavy atom. The van der Waals surface area contributed by atoms with Gasteiger partial charge in [0.15, 0.2) is 0 Å². The van der Waals surface area contributed by atoms with Crippen molar-refractivity contribution in [2.75, 3.05) is 26.2 Å². The van der Waals surface area contributed by atoms with Crippen molar-refractivity contribution >= 4 is 0 Å². The van der Waals surface area contributed by atoms with Crippen LogP contribution in [0.4, 0.5) is 0 Å². The molecule has 0 aromatic heterocycles. The molecule has 0 spiro atoms. The van der Waals surface area contributed by atoms with E-state index < -0.39 is 10.2 Å². The van der Waals surface area contributed by atoms with Gasteiger partial charge in [-0.3, -0.25) is 0 Å². The standard InChI is InChI=1S/C4H13N3.Cu.2NO3/c5-1-3-7-4-2-6;;2*2-1(3)4/h7H,1-6H2;;;/q;+2;2*-1. The third-order valence-corrected chi connectivity index (χ3v) is 0.642. The second-order valence-electron chi connectivity index (χ2n) is 1.77. The van der Waals surface area contributed by atoms with Gasteiger partial charge in [0.05, 0.1) is 10.2 Å². The SMILES string of the molecule is NCCNCCN.O=[N+]([O-])[O-].O=[N+]([O-])[O-].[Cu+2]. The predicted molar refractivity (Wildman–Crippen MR) is 51.7 cm³/mol. The number of hydrogen-bond acceptors (Lipinski definition) is 9. The van der Waals surface area contributed by atoms with E-state index >= 15 is 0 Å². The monoisotopic (exact) mass is 290 g/mol. The second-order valence-corrected chi connectivity index (χ2v) is 1.77. The van der Waals surface area contributed by atoms with E-state index in [9.17, 15) is 0 Å². The molecule has 0 fully saturated rings. The van der Waals surface area contributed by atoms with Gasteiger partial charge in [-0.25, -0.2) is 0 Å². The van der Waals surface area contributed by atoms with Crippen LogP contribution in [-0.2, 0) is 17.1 Å². The minimum atomic E-state index is -1.75. The van der Waals surface area contributed by atoms with Crippen molar-refractivity contribution in [1.29, 1.82) is 0 Å². The van der Waals surface area contributed by atoms with E-state index in [1.807, 2.05) is 0 Å². The molecule has 0 amide bonds. The molecule has 0 aromatic carbocycles. The predicted octanol–water partition coefficient (Wildman–Crippen LogP) is -1.99. The molecule has 0 aliphatic carbocycles. The van der Waals surface area contributed by atoms with Crippen LogP contribution in [0.3, 0.4) is 0 Å². The van der Waals surface area contributed by atoms with Crippen LogP contribution < -0.4 is 16.8 Å². The van der Waals surface area contributed by atoms with Gasteiger partial charge in [0.25, 0.3) is 0 Å². The van der Waals surface area contributed by atoms with Gasteiger partial charge in [0, 0.05) is 26.2 Å². The van der Waals surface area contributed by atoms with Gasteiger partial charge in [0.2, 0.25) is 0 Å². The summed E-state index contributed by atoms with van der Waals surface area (Å²) < 4.78 is 0. The van der Waals surface area contributed by atoms with Crippen LogP contribution in [-0.4, -0.2) is 36.4 Å². The molecule has 0 saturated heterocycles. The Labute approximate surface area is 101 Å². The van der Waals surface area contributed by atoms with Crippen LogP contribution in [0.25, 0.3) is 0 Å². The summed E-state index contributed by atoms with van der Waals surface area (Å²) in [5, 5.41) is 32.5. The first kappa shape index (κ1) is 24.2. The van der Waals surface area contributed by atoms with E-state index in [0.29, 0.717) is 13.1 Å². The van der Waals surface area contributed by atoms with Gasteiger partial charge in [0.1, 0.15) is 0 Å². The molecule has 12 heteroatoms. The van der Waals surface area contributed by atoms with E-state index in [2.05, 4.69) is 5.32 Å². The van der Waals surface area contributed by atoms with Gasteiger partial charge in [-0.05, 0) is 0 Å². The molecule has 101 valence electrons. The van der Waals surface area contributed by atoms with E-state index in [1.165, 1.54) is 0 Å². The third-order valence-electron chi connectivity index (χ3n) is 0.642. The van der Waals surface area contributed by atoms with Crippen LogP contribution in [0.1, 0.15) is 0 Å². The zero-order valence-corrected chi connectivity index (χ0v) is 9.07. The Morgan fingerprint density at radius 2 is 1.06 bits per heavy atom. The molecule has 0 rings (SSSR count). The van der Waals surface area contributed by atoms with E-state index in [1.54, 1.807) is 0 Å². The Hall–Kier alpha value is -1.20. The number of nitrogens with one attached hydrogen (secondary N) is 1. The second kappa shape index (κ2) is 23.5. The molecule has 1 radical (unpaired) electrons. The molecule has 11 nitrogen and oxygen atoms in total. The van der Waals surface area contributed by atoms with Crippen molar-refractivity contribution in [2.24, 2.45) is 11.5 Å². The van der Waals surface area contributed by atoms with Crippen LogP contribution in [0.15, 0.2) is 0 Å². The van der Waals surface area contributed by atoms with Gasteiger partial charge in [-0.1, -0.05) is 0 Å². The summed E-state index contributed by atoms with van der Waals surface area (Å²) in [5.41, 5.74) is 10.3. The van der Waals surface area contributed by atoms with Crippen LogP contribution in [0.5, 0.6) is 0 Å². The first-order chi connectivity index (χ1) is 6.88. The molecule has 0 atom stereocenters. The van der Waals surface area contributed by atoms with Gasteiger partial charge in [-0.15, -0.1) is 0 Å². The maximum absolute atomic E-state index is 8.25. The summed E-state index contributed by atoms with van der Waals surface area (Å²) in [5.74, 6) is 0. The number of hydrogen-bond donors (Lipinski definition) is 3. The average molecular weight is 291 g/mol. The number of nitrogens with zero attached hydrogens (tertiary/aromatic N) is 2. The topological polar surface area (TPSA) is 196 Å². The summed E-state index contributed by atoms with van der Waals surface area (Å²) in [7, 11) is 0. The third kappa shape index (κ3) is 227. The van der Waals surface area contributed by atoms with Crippen molar-refractivity contribution in [3.63, 3.8) is 0 Å². The minimum Gasteiger partial charge on any atom is -0.356 e. The molecule has 0 saturated carbocycles. The summed E-state index contributed by atoms with van der Waals surface area (Å²) in [4.78, 5) is 16.5. The summed E-state index contributed by atoms with van der Waals surface area (Å²) in [6.45, 7) is 3.13. The van der Waals surface area contributed by atoms with Gasteiger partial charge >= 0.3 is 17.1 Å². The Bertz CT molecular complexity index is 136. The molecule has 0 unspecified atom stereocenters. The molecular weight excluding hydrogens is 278 g/mol.